The Morgan fingerprint density at radius 3 is 2.16 bits per heavy atom. The van der Waals surface area contributed by atoms with E-state index >= 15 is 0 Å². The van der Waals surface area contributed by atoms with Crippen LogP contribution in [0.1, 0.15) is 37.4 Å². The Kier molecular flexibility index (Phi) is 5.49. The van der Waals surface area contributed by atoms with Gasteiger partial charge in [0.25, 0.3) is 0 Å². The van der Waals surface area contributed by atoms with Crippen LogP contribution >= 0.6 is 11.6 Å². The van der Waals surface area contributed by atoms with Gasteiger partial charge in [-0.15, -0.1) is 0 Å². The number of phenols is 1. The minimum atomic E-state index is -1.23. The Balaban J connectivity index is 2.51. The van der Waals surface area contributed by atoms with E-state index < -0.39 is 17.5 Å². The van der Waals surface area contributed by atoms with E-state index in [0.717, 1.165) is 5.56 Å². The van der Waals surface area contributed by atoms with Crippen LogP contribution in [0, 0.1) is 13.8 Å². The molecule has 0 unspecified atom stereocenters. The number of ether oxygens (including phenoxy) is 1. The van der Waals surface area contributed by atoms with E-state index in [1.165, 1.54) is 13.2 Å². The zero-order valence-corrected chi connectivity index (χ0v) is 14.7. The van der Waals surface area contributed by atoms with Crippen LogP contribution in [0.2, 0.25) is 5.02 Å². The summed E-state index contributed by atoms with van der Waals surface area (Å²) in [6, 6.07) is 6.89. The second-order valence-corrected chi connectivity index (χ2v) is 5.87. The lowest BCUT2D eigenvalue weighted by atomic mass is 9.93. The highest BCUT2D eigenvalue weighted by atomic mass is 35.5. The molecule has 0 spiro atoms. The van der Waals surface area contributed by atoms with Crippen LogP contribution in [0.4, 0.5) is 0 Å². The van der Waals surface area contributed by atoms with Crippen LogP contribution < -0.4 is 4.74 Å². The molecule has 130 valence electrons. The van der Waals surface area contributed by atoms with Gasteiger partial charge in [0.05, 0.1) is 12.7 Å². The highest BCUT2D eigenvalue weighted by molar-refractivity contribution is 6.30. The van der Waals surface area contributed by atoms with E-state index in [1.54, 1.807) is 44.2 Å². The number of allylic oxidation sites excluding steroid dienone is 1. The Hall–Kier alpha value is -2.79. The summed E-state index contributed by atoms with van der Waals surface area (Å²) in [7, 11) is 1.24. The molecule has 2 rings (SSSR count). The molecule has 0 heterocycles. The summed E-state index contributed by atoms with van der Waals surface area (Å²) in [5.74, 6) is -2.39. The average molecular weight is 361 g/mol. The van der Waals surface area contributed by atoms with E-state index in [-0.39, 0.29) is 16.9 Å². The fourth-order valence-electron chi connectivity index (χ4n) is 2.54. The van der Waals surface area contributed by atoms with Crippen LogP contribution in [0.5, 0.6) is 11.5 Å². The van der Waals surface area contributed by atoms with Gasteiger partial charge in [-0.2, -0.15) is 0 Å². The highest BCUT2D eigenvalue weighted by Gasteiger charge is 2.26. The second kappa shape index (κ2) is 7.40. The number of ketones is 1. The molecule has 0 fully saturated rings. The molecule has 0 aliphatic carbocycles. The molecule has 5 nitrogen and oxygen atoms in total. The molecule has 0 atom stereocenters. The summed E-state index contributed by atoms with van der Waals surface area (Å²) in [5, 5.41) is 20.3. The van der Waals surface area contributed by atoms with Gasteiger partial charge in [-0.05, 0) is 48.7 Å². The summed E-state index contributed by atoms with van der Waals surface area (Å²) >= 11 is 5.82. The predicted molar refractivity (Wildman–Crippen MR) is 95.9 cm³/mol. The number of methoxy groups -OCH3 is 1. The molecule has 0 aliphatic heterocycles. The van der Waals surface area contributed by atoms with Crippen molar-refractivity contribution >= 4 is 29.4 Å². The molecule has 6 heteroatoms. The van der Waals surface area contributed by atoms with E-state index in [2.05, 4.69) is 0 Å². The Bertz CT molecular complexity index is 867. The minimum Gasteiger partial charge on any atom is -0.504 e. The Labute approximate surface area is 150 Å². The Morgan fingerprint density at radius 2 is 1.64 bits per heavy atom. The molecule has 2 aromatic carbocycles. The molecule has 0 bridgehead atoms. The summed E-state index contributed by atoms with van der Waals surface area (Å²) in [5.41, 5.74) is 1.38. The van der Waals surface area contributed by atoms with Gasteiger partial charge in [0.2, 0.25) is 0 Å². The van der Waals surface area contributed by atoms with Gasteiger partial charge in [0.1, 0.15) is 5.56 Å². The van der Waals surface area contributed by atoms with Crippen molar-refractivity contribution in [1.82, 2.24) is 0 Å². The maximum atomic E-state index is 12.6. The molecule has 25 heavy (non-hydrogen) atoms. The second-order valence-electron chi connectivity index (χ2n) is 5.44. The standard InChI is InChI=1S/C19H17ClO5/c1-10-11(2)16(19(23)24)18(25-3)17(22)15(10)14(21)9-6-12-4-7-13(20)8-5-12/h4-9,22H,1-3H3,(H,23,24). The van der Waals surface area contributed by atoms with Crippen molar-refractivity contribution in [3.05, 3.63) is 63.2 Å². The molecule has 0 aliphatic rings. The van der Waals surface area contributed by atoms with Gasteiger partial charge in [-0.25, -0.2) is 4.79 Å². The van der Waals surface area contributed by atoms with Crippen molar-refractivity contribution in [3.8, 4) is 11.5 Å². The first-order valence-corrected chi connectivity index (χ1v) is 7.77. The van der Waals surface area contributed by atoms with Crippen LogP contribution in [-0.4, -0.2) is 29.1 Å². The maximum absolute atomic E-state index is 12.6. The SMILES string of the molecule is COc1c(O)c(C(=O)C=Cc2ccc(Cl)cc2)c(C)c(C)c1C(=O)O. The first-order valence-electron chi connectivity index (χ1n) is 7.39. The number of hydrogen-bond acceptors (Lipinski definition) is 4. The lowest BCUT2D eigenvalue weighted by Crippen LogP contribution is -2.10. The van der Waals surface area contributed by atoms with Crippen molar-refractivity contribution in [2.75, 3.05) is 7.11 Å². The maximum Gasteiger partial charge on any atom is 0.339 e. The van der Waals surface area contributed by atoms with Gasteiger partial charge in [0, 0.05) is 5.02 Å². The first-order chi connectivity index (χ1) is 11.8. The smallest absolute Gasteiger partial charge is 0.339 e. The van der Waals surface area contributed by atoms with Crippen molar-refractivity contribution in [1.29, 1.82) is 0 Å². The summed E-state index contributed by atoms with van der Waals surface area (Å²) < 4.78 is 5.02. The van der Waals surface area contributed by atoms with Crippen LogP contribution in [0.3, 0.4) is 0 Å². The molecule has 0 saturated carbocycles. The minimum absolute atomic E-state index is 0.0181. The van der Waals surface area contributed by atoms with Crippen LogP contribution in [0.15, 0.2) is 30.3 Å². The predicted octanol–water partition coefficient (Wildman–Crippen LogP) is 4.27. The monoisotopic (exact) mass is 360 g/mol. The summed E-state index contributed by atoms with van der Waals surface area (Å²) in [6.07, 6.45) is 2.90. The van der Waals surface area contributed by atoms with Gasteiger partial charge in [-0.3, -0.25) is 4.79 Å². The highest BCUT2D eigenvalue weighted by Crippen LogP contribution is 2.39. The molecule has 0 saturated heterocycles. The van der Waals surface area contributed by atoms with Crippen molar-refractivity contribution in [2.45, 2.75) is 13.8 Å². The number of benzene rings is 2. The van der Waals surface area contributed by atoms with Gasteiger partial charge >= 0.3 is 5.97 Å². The number of carbonyl (C=O) groups excluding carboxylic acids is 1. The van der Waals surface area contributed by atoms with Crippen molar-refractivity contribution < 1.29 is 24.5 Å². The zero-order chi connectivity index (χ0) is 18.7. The van der Waals surface area contributed by atoms with Crippen LogP contribution in [0.25, 0.3) is 6.08 Å². The summed E-state index contributed by atoms with van der Waals surface area (Å²) in [6.45, 7) is 3.16. The number of hydrogen-bond donors (Lipinski definition) is 2. The van der Waals surface area contributed by atoms with Crippen molar-refractivity contribution in [2.24, 2.45) is 0 Å². The summed E-state index contributed by atoms with van der Waals surface area (Å²) in [4.78, 5) is 24.0. The third kappa shape index (κ3) is 3.67. The number of aromatic carboxylic acids is 1. The van der Waals surface area contributed by atoms with Crippen molar-refractivity contribution in [3.63, 3.8) is 0 Å². The van der Waals surface area contributed by atoms with E-state index in [0.29, 0.717) is 16.1 Å². The fraction of sp³-hybridized carbons (Fsp3) is 0.158. The molecule has 0 amide bonds. The van der Waals surface area contributed by atoms with Crippen LogP contribution in [-0.2, 0) is 0 Å². The van der Waals surface area contributed by atoms with E-state index in [1.807, 2.05) is 0 Å². The number of aromatic hydroxyl groups is 1. The number of halogens is 1. The largest absolute Gasteiger partial charge is 0.504 e. The number of phenolic OH excluding ortho intramolecular Hbond substituents is 1. The third-order valence-electron chi connectivity index (χ3n) is 3.95. The molecular weight excluding hydrogens is 344 g/mol. The average Bonchev–Trinajstić information content (AvgIpc) is 2.57. The van der Waals surface area contributed by atoms with Gasteiger partial charge in [-0.1, -0.05) is 29.8 Å². The number of carbonyl (C=O) groups is 2. The number of carboxylic acids is 1. The number of rotatable bonds is 5. The lowest BCUT2D eigenvalue weighted by Gasteiger charge is -2.16. The molecular formula is C19H17ClO5. The molecule has 0 aromatic heterocycles. The van der Waals surface area contributed by atoms with E-state index in [4.69, 9.17) is 16.3 Å². The van der Waals surface area contributed by atoms with Gasteiger partial charge in [0.15, 0.2) is 17.3 Å². The zero-order valence-electron chi connectivity index (χ0n) is 14.0. The molecule has 0 radical (unpaired) electrons. The molecule has 2 N–H and O–H groups in total. The Morgan fingerprint density at radius 1 is 1.08 bits per heavy atom. The third-order valence-corrected chi connectivity index (χ3v) is 4.20. The van der Waals surface area contributed by atoms with Gasteiger partial charge < -0.3 is 14.9 Å². The lowest BCUT2D eigenvalue weighted by molar-refractivity contribution is 0.0691. The topological polar surface area (TPSA) is 83.8 Å². The fourth-order valence-corrected chi connectivity index (χ4v) is 2.67. The quantitative estimate of drug-likeness (QED) is 0.614. The van der Waals surface area contributed by atoms with E-state index in [9.17, 15) is 19.8 Å². The number of carboxylic acid groups (broad SMARTS) is 1. The normalized spacial score (nSPS) is 10.9. The molecule has 2 aromatic rings. The first kappa shape index (κ1) is 18.5.